The van der Waals surface area contributed by atoms with E-state index in [-0.39, 0.29) is 0 Å². The Labute approximate surface area is 118 Å². The molecule has 0 amide bonds. The number of nitriles is 1. The van der Waals surface area contributed by atoms with Crippen LogP contribution in [-0.2, 0) is 0 Å². The van der Waals surface area contributed by atoms with Gasteiger partial charge >= 0.3 is 0 Å². The van der Waals surface area contributed by atoms with Gasteiger partial charge in [-0.1, -0.05) is 12.2 Å². The molecule has 2 aromatic heterocycles. The van der Waals surface area contributed by atoms with Crippen LogP contribution in [0.3, 0.4) is 0 Å². The van der Waals surface area contributed by atoms with E-state index < -0.39 is 0 Å². The van der Waals surface area contributed by atoms with E-state index in [4.69, 9.17) is 5.73 Å². The third-order valence-electron chi connectivity index (χ3n) is 3.77. The summed E-state index contributed by atoms with van der Waals surface area (Å²) in [6.07, 6.45) is 9.30. The molecule has 2 heterocycles. The normalized spacial score (nSPS) is 17.9. The van der Waals surface area contributed by atoms with Crippen LogP contribution in [0.5, 0.6) is 0 Å². The number of H-pyrrole nitrogens is 1. The Bertz CT molecular complexity index is 677. The number of hydrogen-bond donors (Lipinski definition) is 2. The van der Waals surface area contributed by atoms with Crippen LogP contribution in [0.15, 0.2) is 36.5 Å². The minimum atomic E-state index is 0.323. The van der Waals surface area contributed by atoms with E-state index in [0.717, 1.165) is 36.2 Å². The fraction of sp³-hybridized carbons (Fsp3) is 0.250. The average Bonchev–Trinajstić information content (AvgIpc) is 3.01. The van der Waals surface area contributed by atoms with E-state index in [1.165, 1.54) is 0 Å². The summed E-state index contributed by atoms with van der Waals surface area (Å²) < 4.78 is 0. The van der Waals surface area contributed by atoms with Crippen molar-refractivity contribution >= 4 is 5.82 Å². The topological polar surface area (TPSA) is 78.5 Å². The average molecular weight is 264 g/mol. The van der Waals surface area contributed by atoms with Crippen molar-refractivity contribution in [3.8, 4) is 17.5 Å². The summed E-state index contributed by atoms with van der Waals surface area (Å²) in [5.74, 6) is 0.679. The largest absolute Gasteiger partial charge is 0.383 e. The number of aromatic amines is 1. The molecule has 0 radical (unpaired) electrons. The van der Waals surface area contributed by atoms with Gasteiger partial charge < -0.3 is 10.7 Å². The Balaban J connectivity index is 2.11. The van der Waals surface area contributed by atoms with Gasteiger partial charge in [-0.2, -0.15) is 5.26 Å². The number of anilines is 1. The van der Waals surface area contributed by atoms with E-state index in [1.54, 1.807) is 0 Å². The molecule has 0 bridgehead atoms. The van der Waals surface area contributed by atoms with Crippen LogP contribution in [-0.4, -0.2) is 9.97 Å². The van der Waals surface area contributed by atoms with Crippen LogP contribution in [0.4, 0.5) is 5.82 Å². The lowest BCUT2D eigenvalue weighted by Crippen LogP contribution is -2.08. The van der Waals surface area contributed by atoms with Crippen molar-refractivity contribution in [3.05, 3.63) is 47.7 Å². The van der Waals surface area contributed by atoms with Crippen LogP contribution in [0.2, 0.25) is 0 Å². The molecule has 0 aliphatic heterocycles. The molecule has 0 unspecified atom stereocenters. The number of allylic oxidation sites excluding steroid dienone is 2. The van der Waals surface area contributed by atoms with Crippen molar-refractivity contribution in [2.45, 2.75) is 25.2 Å². The van der Waals surface area contributed by atoms with E-state index in [0.29, 0.717) is 17.3 Å². The maximum atomic E-state index is 9.36. The summed E-state index contributed by atoms with van der Waals surface area (Å²) in [5, 5.41) is 9.36. The first-order valence-electron chi connectivity index (χ1n) is 6.79. The molecule has 3 rings (SSSR count). The van der Waals surface area contributed by atoms with Gasteiger partial charge in [0.1, 0.15) is 11.9 Å². The highest BCUT2D eigenvalue weighted by atomic mass is 14.9. The molecule has 4 nitrogen and oxygen atoms in total. The van der Waals surface area contributed by atoms with Gasteiger partial charge in [-0.05, 0) is 48.9 Å². The Morgan fingerprint density at radius 3 is 2.95 bits per heavy atom. The van der Waals surface area contributed by atoms with Crippen LogP contribution >= 0.6 is 0 Å². The molecule has 2 aromatic rings. The summed E-state index contributed by atoms with van der Waals surface area (Å²) in [5.41, 5.74) is 9.26. The molecule has 0 aromatic carbocycles. The molecule has 0 fully saturated rings. The minimum Gasteiger partial charge on any atom is -0.383 e. The first-order chi connectivity index (χ1) is 9.79. The second kappa shape index (κ2) is 5.22. The SMILES string of the molecule is N#Cc1c([C@H]2CC=CCC2)cc(-c2ccc[nH]2)nc1N. The standard InChI is InChI=1S/C16H16N4/c17-10-13-12(11-5-2-1-3-6-11)9-15(20-16(13)18)14-7-4-8-19-14/h1-2,4,7-9,11,19H,3,5-6H2,(H2,18,20)/t11-/m0/s1. The summed E-state index contributed by atoms with van der Waals surface area (Å²) in [6.45, 7) is 0. The molecular weight excluding hydrogens is 248 g/mol. The highest BCUT2D eigenvalue weighted by molar-refractivity contribution is 5.64. The van der Waals surface area contributed by atoms with Crippen LogP contribution in [0.1, 0.15) is 36.3 Å². The number of nitrogens with zero attached hydrogens (tertiary/aromatic N) is 2. The number of nitrogen functional groups attached to an aromatic ring is 1. The number of nitrogens with two attached hydrogens (primary N) is 1. The Hall–Kier alpha value is -2.54. The highest BCUT2D eigenvalue weighted by Gasteiger charge is 2.20. The van der Waals surface area contributed by atoms with Gasteiger partial charge in [0.2, 0.25) is 0 Å². The summed E-state index contributed by atoms with van der Waals surface area (Å²) in [6, 6.07) is 8.10. The van der Waals surface area contributed by atoms with Crippen molar-refractivity contribution in [2.24, 2.45) is 0 Å². The van der Waals surface area contributed by atoms with Crippen LogP contribution in [0.25, 0.3) is 11.4 Å². The summed E-state index contributed by atoms with van der Waals surface area (Å²) in [4.78, 5) is 7.48. The number of pyridine rings is 1. The molecule has 0 spiro atoms. The monoisotopic (exact) mass is 264 g/mol. The maximum absolute atomic E-state index is 9.36. The molecule has 1 atom stereocenters. The van der Waals surface area contributed by atoms with Gasteiger partial charge in [-0.15, -0.1) is 0 Å². The summed E-state index contributed by atoms with van der Waals surface area (Å²) >= 11 is 0. The van der Waals surface area contributed by atoms with E-state index in [2.05, 4.69) is 28.2 Å². The lowest BCUT2D eigenvalue weighted by atomic mass is 9.85. The van der Waals surface area contributed by atoms with Gasteiger partial charge in [-0.3, -0.25) is 0 Å². The van der Waals surface area contributed by atoms with Gasteiger partial charge in [0.15, 0.2) is 0 Å². The van der Waals surface area contributed by atoms with E-state index in [9.17, 15) is 5.26 Å². The van der Waals surface area contributed by atoms with Gasteiger partial charge in [0.25, 0.3) is 0 Å². The fourth-order valence-corrected chi connectivity index (χ4v) is 2.73. The molecule has 0 saturated heterocycles. The number of aromatic nitrogens is 2. The molecule has 4 heteroatoms. The smallest absolute Gasteiger partial charge is 0.142 e. The summed E-state index contributed by atoms with van der Waals surface area (Å²) in [7, 11) is 0. The van der Waals surface area contributed by atoms with Crippen molar-refractivity contribution in [2.75, 3.05) is 5.73 Å². The van der Waals surface area contributed by atoms with E-state index in [1.807, 2.05) is 24.4 Å². The van der Waals surface area contributed by atoms with Crippen molar-refractivity contribution in [1.82, 2.24) is 9.97 Å². The highest BCUT2D eigenvalue weighted by Crippen LogP contribution is 2.34. The van der Waals surface area contributed by atoms with Crippen LogP contribution < -0.4 is 5.73 Å². The number of rotatable bonds is 2. The van der Waals surface area contributed by atoms with Gasteiger partial charge in [0, 0.05) is 6.20 Å². The lowest BCUT2D eigenvalue weighted by molar-refractivity contribution is 0.615. The molecule has 1 aliphatic carbocycles. The molecular formula is C16H16N4. The van der Waals surface area contributed by atoms with Gasteiger partial charge in [0.05, 0.1) is 17.0 Å². The first kappa shape index (κ1) is 12.5. The first-order valence-corrected chi connectivity index (χ1v) is 6.79. The van der Waals surface area contributed by atoms with Gasteiger partial charge in [-0.25, -0.2) is 4.98 Å². The molecule has 100 valence electrons. The van der Waals surface area contributed by atoms with Crippen LogP contribution in [0, 0.1) is 11.3 Å². The number of hydrogen-bond acceptors (Lipinski definition) is 3. The maximum Gasteiger partial charge on any atom is 0.142 e. The molecule has 0 saturated carbocycles. The zero-order chi connectivity index (χ0) is 13.9. The zero-order valence-corrected chi connectivity index (χ0v) is 11.1. The predicted molar refractivity (Wildman–Crippen MR) is 78.9 cm³/mol. The van der Waals surface area contributed by atoms with E-state index >= 15 is 0 Å². The zero-order valence-electron chi connectivity index (χ0n) is 11.1. The van der Waals surface area contributed by atoms with Crippen molar-refractivity contribution < 1.29 is 0 Å². The second-order valence-electron chi connectivity index (χ2n) is 5.03. The predicted octanol–water partition coefficient (Wildman–Crippen LogP) is 3.35. The Morgan fingerprint density at radius 1 is 1.40 bits per heavy atom. The minimum absolute atomic E-state index is 0.323. The number of nitrogens with one attached hydrogen (secondary N) is 1. The Kier molecular flexibility index (Phi) is 3.26. The second-order valence-corrected chi connectivity index (χ2v) is 5.03. The third kappa shape index (κ3) is 2.19. The third-order valence-corrected chi connectivity index (χ3v) is 3.77. The van der Waals surface area contributed by atoms with Crippen molar-refractivity contribution in [1.29, 1.82) is 5.26 Å². The Morgan fingerprint density at radius 2 is 2.30 bits per heavy atom. The fourth-order valence-electron chi connectivity index (χ4n) is 2.73. The quantitative estimate of drug-likeness (QED) is 0.816. The van der Waals surface area contributed by atoms with Crippen molar-refractivity contribution in [3.63, 3.8) is 0 Å². The lowest BCUT2D eigenvalue weighted by Gasteiger charge is -2.20. The molecule has 1 aliphatic rings. The molecule has 20 heavy (non-hydrogen) atoms. The molecule has 3 N–H and O–H groups in total.